The van der Waals surface area contributed by atoms with Crippen molar-refractivity contribution in [1.82, 2.24) is 0 Å². The molecule has 21 heteroatoms. The molecule has 7 unspecified atom stereocenters. The van der Waals surface area contributed by atoms with Gasteiger partial charge in [0, 0.05) is 64.3 Å². The Balaban J connectivity index is 0.000000338. The highest BCUT2D eigenvalue weighted by atomic mass is 32.1. The van der Waals surface area contributed by atoms with Gasteiger partial charge in [-0.05, 0) is 61.9 Å². The van der Waals surface area contributed by atoms with Crippen LogP contribution in [0.4, 0.5) is 0 Å². The largest absolute Gasteiger partial charge is 0.457 e. The van der Waals surface area contributed by atoms with Gasteiger partial charge in [0.2, 0.25) is 0 Å². The number of thiocarbonyl (C=S) groups is 2. The maximum Gasteiger partial charge on any atom is 0.352 e. The molecular weight excluding hydrogens is 1040 g/mol. The fourth-order valence-corrected chi connectivity index (χ4v) is 21.5. The predicted molar refractivity (Wildman–Crippen MR) is 304 cm³/mol. The van der Waals surface area contributed by atoms with E-state index in [9.17, 15) is 10.2 Å². The average molecular weight is 1140 g/mol. The molecule has 15 nitrogen and oxygen atoms in total. The number of hydrogen-bond donors (Lipinski definition) is 2. The third kappa shape index (κ3) is 17.2. The monoisotopic (exact) mass is 1140 g/mol. The van der Waals surface area contributed by atoms with Crippen molar-refractivity contribution in [2.24, 2.45) is 23.7 Å². The quantitative estimate of drug-likeness (QED) is 0.0984. The van der Waals surface area contributed by atoms with Gasteiger partial charge >= 0.3 is 27.6 Å². The van der Waals surface area contributed by atoms with E-state index in [2.05, 4.69) is 136 Å². The zero-order chi connectivity index (χ0) is 55.1. The minimum absolute atomic E-state index is 0.0269. The van der Waals surface area contributed by atoms with Gasteiger partial charge < -0.3 is 70.5 Å². The summed E-state index contributed by atoms with van der Waals surface area (Å²) in [4.78, 5) is 0. The molecule has 0 aromatic carbocycles. The number of rotatable bonds is 18. The van der Waals surface area contributed by atoms with E-state index in [4.69, 9.17) is 84.8 Å². The molecule has 0 radical (unpaired) electrons. The fourth-order valence-electron chi connectivity index (χ4n) is 10.5. The van der Waals surface area contributed by atoms with Crippen molar-refractivity contribution in [3.63, 3.8) is 0 Å². The summed E-state index contributed by atoms with van der Waals surface area (Å²) >= 11 is 10.9. The summed E-state index contributed by atoms with van der Waals surface area (Å²) in [5, 5.41) is 20.3. The first-order chi connectivity index (χ1) is 33.8. The lowest BCUT2D eigenvalue weighted by atomic mass is 9.82. The van der Waals surface area contributed by atoms with Crippen molar-refractivity contribution in [2.75, 3.05) is 26.4 Å². The molecule has 5 aliphatic heterocycles. The van der Waals surface area contributed by atoms with Gasteiger partial charge in [0.05, 0.1) is 63.1 Å². The van der Waals surface area contributed by atoms with Gasteiger partial charge in [-0.2, -0.15) is 0 Å². The number of ether oxygens (including phenoxy) is 10. The van der Waals surface area contributed by atoms with Gasteiger partial charge in [-0.1, -0.05) is 122 Å². The molecule has 0 spiro atoms. The van der Waals surface area contributed by atoms with Crippen LogP contribution in [0.5, 0.6) is 0 Å². The van der Waals surface area contributed by atoms with E-state index in [-0.39, 0.29) is 100 Å². The normalized spacial score (nSPS) is 39.0. The molecule has 0 aromatic heterocycles. The van der Waals surface area contributed by atoms with Crippen molar-refractivity contribution in [2.45, 2.75) is 270 Å². The van der Waals surface area contributed by atoms with Gasteiger partial charge in [0.15, 0.2) is 24.8 Å². The Bertz CT molecular complexity index is 1700. The third-order valence-corrected chi connectivity index (χ3v) is 29.5. The van der Waals surface area contributed by atoms with Crippen molar-refractivity contribution in [1.29, 1.82) is 0 Å². The van der Waals surface area contributed by atoms with Crippen LogP contribution < -0.4 is 0 Å². The molecule has 0 aliphatic carbocycles. The SMILES string of the molecule is CCC1O[C@@H](C)C(C)[C@H](O[C@@H]2O[C@@H]3CO[Si](C)(C(C)C)O[Si](C(C)C)(C(C)C)O[C@@H]3C2OC(=S)OCC[Si](C)(C)C)[C@H]1C.CCC1O[C@@H](C)C(C)[C@H](O[C@@H]2O[C@H](CO)[C@H](O)C2OC(=S)OCC[Si](C)(C)C)[C@H]1C. The Labute approximate surface area is 456 Å². The van der Waals surface area contributed by atoms with Crippen LogP contribution in [0.25, 0.3) is 0 Å². The Morgan fingerprint density at radius 1 is 0.616 bits per heavy atom. The third-order valence-electron chi connectivity index (χ3n) is 16.1. The van der Waals surface area contributed by atoms with Gasteiger partial charge in [-0.3, -0.25) is 0 Å². The second-order valence-electron chi connectivity index (χ2n) is 25.2. The molecule has 5 heterocycles. The summed E-state index contributed by atoms with van der Waals surface area (Å²) in [7, 11) is -8.02. The van der Waals surface area contributed by atoms with E-state index in [1.807, 2.05) is 6.92 Å². The van der Waals surface area contributed by atoms with E-state index < -0.39 is 76.4 Å². The second kappa shape index (κ2) is 27.8. The topological polar surface area (TPSA) is 160 Å². The molecule has 5 fully saturated rings. The molecule has 0 aromatic rings. The van der Waals surface area contributed by atoms with Crippen molar-refractivity contribution < 1.29 is 70.5 Å². The lowest BCUT2D eigenvalue weighted by Crippen LogP contribution is -2.64. The van der Waals surface area contributed by atoms with E-state index in [1.54, 1.807) is 0 Å². The zero-order valence-corrected chi connectivity index (χ0v) is 54.4. The lowest BCUT2D eigenvalue weighted by molar-refractivity contribution is -0.251. The van der Waals surface area contributed by atoms with E-state index in [0.29, 0.717) is 19.8 Å². The highest BCUT2D eigenvalue weighted by molar-refractivity contribution is 7.79. The van der Waals surface area contributed by atoms with Crippen LogP contribution in [0.1, 0.15) is 110 Å². The summed E-state index contributed by atoms with van der Waals surface area (Å²) in [6, 6.07) is 1.94. The summed E-state index contributed by atoms with van der Waals surface area (Å²) < 4.78 is 83.3. The van der Waals surface area contributed by atoms with Gasteiger partial charge in [-0.15, -0.1) is 0 Å². The maximum absolute atomic E-state index is 10.6. The van der Waals surface area contributed by atoms with Crippen LogP contribution in [0.3, 0.4) is 0 Å². The smallest absolute Gasteiger partial charge is 0.352 e. The minimum Gasteiger partial charge on any atom is -0.457 e. The summed E-state index contributed by atoms with van der Waals surface area (Å²) in [6.07, 6.45) is -3.86. The predicted octanol–water partition coefficient (Wildman–Crippen LogP) is 10.7. The van der Waals surface area contributed by atoms with Crippen LogP contribution >= 0.6 is 24.4 Å². The Morgan fingerprint density at radius 2 is 1.05 bits per heavy atom. The molecule has 428 valence electrons. The van der Waals surface area contributed by atoms with Crippen LogP contribution in [0.15, 0.2) is 0 Å². The fraction of sp³-hybridized carbons (Fsp3) is 0.962. The molecule has 5 saturated heterocycles. The molecule has 0 bridgehead atoms. The molecule has 0 amide bonds. The maximum atomic E-state index is 10.6. The summed E-state index contributed by atoms with van der Waals surface area (Å²) in [5.74, 6) is 0.644. The van der Waals surface area contributed by atoms with Crippen LogP contribution in [0.2, 0.25) is 74.5 Å². The first-order valence-corrected chi connectivity index (χ1v) is 40.3. The summed E-state index contributed by atoms with van der Waals surface area (Å²) in [5.41, 5.74) is 0.617. The standard InChI is InChI=1S/C31H62O8SSi3.C21H40O7SSi/c1-15-25-23(9)27(22(8)24(10)34-25)36-30-29(37-31(40)32-16-17-41(11,12)13)28-26(35-30)18-33-42(14,19(2)3)39-43(38-28,20(4)5)21(6)7;1-8-15-13(3)18(12(2)14(4)25-15)27-20-19(17(23)16(11-22)26-20)28-21(29)24-9-10-30(5,6)7/h19-30H,15-18H2,1-14H3;12-20,22-23H,8-11H2,1-7H3/t22?,23-,24-,25?,26+,27-,28-,29?,30-,42?;12?,13-,14-,15?,16+,17-,18-,19?,20-/m00/s1. The molecule has 0 saturated carbocycles. The highest BCUT2D eigenvalue weighted by Crippen LogP contribution is 2.46. The first kappa shape index (κ1) is 65.3. The molecule has 5 rings (SSSR count). The van der Waals surface area contributed by atoms with E-state index in [0.717, 1.165) is 24.9 Å². The molecule has 73 heavy (non-hydrogen) atoms. The summed E-state index contributed by atoms with van der Waals surface area (Å²) in [6.45, 7) is 47.2. The number of aliphatic hydroxyl groups is 2. The Kier molecular flexibility index (Phi) is 24.9. The van der Waals surface area contributed by atoms with Gasteiger partial charge in [0.25, 0.3) is 0 Å². The Hall–Kier alpha value is -0.192. The highest BCUT2D eigenvalue weighted by Gasteiger charge is 2.61. The van der Waals surface area contributed by atoms with Gasteiger partial charge in [0.1, 0.15) is 24.4 Å². The average Bonchev–Trinajstić information content (AvgIpc) is 3.76. The van der Waals surface area contributed by atoms with Crippen LogP contribution in [-0.4, -0.2) is 166 Å². The van der Waals surface area contributed by atoms with Crippen molar-refractivity contribution in [3.8, 4) is 0 Å². The van der Waals surface area contributed by atoms with E-state index >= 15 is 0 Å². The Morgan fingerprint density at radius 3 is 1.45 bits per heavy atom. The number of fused-ring (bicyclic) bond motifs is 1. The number of hydrogen-bond acceptors (Lipinski definition) is 17. The molecule has 2 N–H and O–H groups in total. The molecular formula is C52H102O15S2Si4. The first-order valence-electron chi connectivity index (χ1n) is 27.7. The second-order valence-corrected chi connectivity index (χ2v) is 45.3. The van der Waals surface area contributed by atoms with Crippen LogP contribution in [-0.2, 0) is 60.3 Å². The van der Waals surface area contributed by atoms with E-state index in [1.165, 1.54) is 0 Å². The number of aliphatic hydroxyl groups excluding tert-OH is 2. The lowest BCUT2D eigenvalue weighted by Gasteiger charge is -2.49. The van der Waals surface area contributed by atoms with Crippen molar-refractivity contribution >= 4 is 68.2 Å². The minimum atomic E-state index is -2.86. The van der Waals surface area contributed by atoms with Crippen LogP contribution in [0, 0.1) is 23.7 Å². The molecule has 19 atom stereocenters. The van der Waals surface area contributed by atoms with Gasteiger partial charge in [-0.25, -0.2) is 0 Å². The zero-order valence-electron chi connectivity index (χ0n) is 48.8. The molecule has 5 aliphatic rings. The van der Waals surface area contributed by atoms with Crippen molar-refractivity contribution in [3.05, 3.63) is 0 Å².